The summed E-state index contributed by atoms with van der Waals surface area (Å²) in [5, 5.41) is 3.26. The molecule has 0 aromatic carbocycles. The average Bonchev–Trinajstić information content (AvgIpc) is 2.42. The van der Waals surface area contributed by atoms with Gasteiger partial charge in [-0.15, -0.1) is 0 Å². The van der Waals surface area contributed by atoms with Crippen LogP contribution in [0.25, 0.3) is 0 Å². The zero-order valence-electron chi connectivity index (χ0n) is 12.8. The largest absolute Gasteiger partial charge is 0.483 e. The molecule has 0 unspecified atom stereocenters. The molecule has 0 saturated heterocycles. The number of ketones is 1. The molecular formula is C15H28N2O2. The summed E-state index contributed by atoms with van der Waals surface area (Å²) in [7, 11) is 1.98. The average molecular weight is 268 g/mol. The van der Waals surface area contributed by atoms with Gasteiger partial charge in [-0.25, -0.2) is 0 Å². The number of carbonyl (C=O) groups is 1. The topological polar surface area (TPSA) is 41.6 Å². The van der Waals surface area contributed by atoms with Gasteiger partial charge in [-0.3, -0.25) is 4.79 Å². The Labute approximate surface area is 117 Å². The van der Waals surface area contributed by atoms with E-state index in [9.17, 15) is 4.79 Å². The van der Waals surface area contributed by atoms with Gasteiger partial charge in [0.1, 0.15) is 5.82 Å². The van der Waals surface area contributed by atoms with E-state index in [1.54, 1.807) is 6.92 Å². The highest BCUT2D eigenvalue weighted by Crippen LogP contribution is 2.24. The second kappa shape index (κ2) is 8.08. The predicted octanol–water partition coefficient (Wildman–Crippen LogP) is 2.66. The second-order valence-electron chi connectivity index (χ2n) is 5.16. The van der Waals surface area contributed by atoms with Gasteiger partial charge in [0.2, 0.25) is 5.76 Å². The molecule has 0 heterocycles. The first-order valence-electron chi connectivity index (χ1n) is 7.47. The lowest BCUT2D eigenvalue weighted by Gasteiger charge is -2.28. The molecule has 0 amide bonds. The molecule has 1 saturated carbocycles. The summed E-state index contributed by atoms with van der Waals surface area (Å²) in [5.74, 6) is 1.32. The molecular weight excluding hydrogens is 240 g/mol. The van der Waals surface area contributed by atoms with Crippen LogP contribution in [-0.4, -0.2) is 36.9 Å². The molecule has 0 aromatic heterocycles. The van der Waals surface area contributed by atoms with Crippen LogP contribution >= 0.6 is 0 Å². The molecule has 0 radical (unpaired) electrons. The zero-order valence-corrected chi connectivity index (χ0v) is 12.8. The fourth-order valence-corrected chi connectivity index (χ4v) is 2.37. The van der Waals surface area contributed by atoms with E-state index in [2.05, 4.69) is 12.2 Å². The van der Waals surface area contributed by atoms with Crippen LogP contribution in [-0.2, 0) is 9.53 Å². The number of Topliss-reactive ketones (excluding diaryl/α,β-unsaturated/α-hetero) is 1. The van der Waals surface area contributed by atoms with Crippen molar-refractivity contribution in [1.29, 1.82) is 0 Å². The normalized spacial score (nSPS) is 17.7. The van der Waals surface area contributed by atoms with Crippen LogP contribution < -0.4 is 5.32 Å². The lowest BCUT2D eigenvalue weighted by molar-refractivity contribution is -0.118. The van der Waals surface area contributed by atoms with Crippen LogP contribution in [0, 0.1) is 0 Å². The smallest absolute Gasteiger partial charge is 0.202 e. The van der Waals surface area contributed by atoms with E-state index in [0.29, 0.717) is 5.76 Å². The maximum Gasteiger partial charge on any atom is 0.202 e. The van der Waals surface area contributed by atoms with Gasteiger partial charge in [0.25, 0.3) is 0 Å². The highest BCUT2D eigenvalue weighted by molar-refractivity contribution is 5.91. The summed E-state index contributed by atoms with van der Waals surface area (Å²) in [6.07, 6.45) is 6.02. The van der Waals surface area contributed by atoms with Crippen LogP contribution in [0.3, 0.4) is 0 Å². The molecule has 1 aliphatic carbocycles. The maximum absolute atomic E-state index is 11.9. The monoisotopic (exact) mass is 268 g/mol. The maximum atomic E-state index is 11.9. The van der Waals surface area contributed by atoms with Crippen molar-refractivity contribution in [3.63, 3.8) is 0 Å². The van der Waals surface area contributed by atoms with Crippen molar-refractivity contribution >= 4 is 5.78 Å². The van der Waals surface area contributed by atoms with Gasteiger partial charge in [-0.1, -0.05) is 6.42 Å². The third-order valence-corrected chi connectivity index (χ3v) is 3.57. The molecule has 4 heteroatoms. The number of hydrogen-bond acceptors (Lipinski definition) is 4. The minimum Gasteiger partial charge on any atom is -0.483 e. The number of ether oxygens (including phenoxy) is 1. The lowest BCUT2D eigenvalue weighted by Crippen LogP contribution is -2.33. The van der Waals surface area contributed by atoms with Crippen molar-refractivity contribution in [1.82, 2.24) is 10.2 Å². The Morgan fingerprint density at radius 3 is 2.37 bits per heavy atom. The molecule has 0 aliphatic heterocycles. The van der Waals surface area contributed by atoms with Crippen molar-refractivity contribution in [3.05, 3.63) is 11.6 Å². The van der Waals surface area contributed by atoms with E-state index in [1.807, 2.05) is 18.9 Å². The predicted molar refractivity (Wildman–Crippen MR) is 77.6 cm³/mol. The fraction of sp³-hybridized carbons (Fsp3) is 0.800. The van der Waals surface area contributed by atoms with E-state index >= 15 is 0 Å². The molecule has 1 N–H and O–H groups in total. The molecule has 4 nitrogen and oxygen atoms in total. The second-order valence-corrected chi connectivity index (χ2v) is 5.16. The number of allylic oxidation sites excluding steroid dienone is 1. The molecule has 1 aliphatic rings. The van der Waals surface area contributed by atoms with Gasteiger partial charge in [-0.2, -0.15) is 0 Å². The van der Waals surface area contributed by atoms with Gasteiger partial charge in [0.15, 0.2) is 5.78 Å². The molecule has 0 aromatic rings. The fourth-order valence-electron chi connectivity index (χ4n) is 2.37. The number of carbonyl (C=O) groups excluding carboxylic acids is 1. The van der Waals surface area contributed by atoms with E-state index in [0.717, 1.165) is 31.8 Å². The Morgan fingerprint density at radius 2 is 1.89 bits per heavy atom. The number of nitrogens with one attached hydrogen (secondary N) is 1. The van der Waals surface area contributed by atoms with Gasteiger partial charge in [-0.05, 0) is 39.5 Å². The molecule has 0 atom stereocenters. The summed E-state index contributed by atoms with van der Waals surface area (Å²) < 4.78 is 6.02. The SMILES string of the molecule is CCN/C(=C(\OC1CCCCC1)C(C)=O)N(C)CC. The number of hydrogen-bond donors (Lipinski definition) is 1. The van der Waals surface area contributed by atoms with Crippen molar-refractivity contribution in [2.45, 2.75) is 59.0 Å². The molecule has 1 rings (SSSR count). The highest BCUT2D eigenvalue weighted by Gasteiger charge is 2.22. The summed E-state index contributed by atoms with van der Waals surface area (Å²) in [5.41, 5.74) is 0. The quantitative estimate of drug-likeness (QED) is 0.569. The van der Waals surface area contributed by atoms with Crippen LogP contribution in [0.5, 0.6) is 0 Å². The summed E-state index contributed by atoms with van der Waals surface area (Å²) >= 11 is 0. The summed E-state index contributed by atoms with van der Waals surface area (Å²) in [6.45, 7) is 7.30. The molecule has 110 valence electrons. The van der Waals surface area contributed by atoms with Crippen LogP contribution in [0.15, 0.2) is 11.6 Å². The Hall–Kier alpha value is -1.19. The van der Waals surface area contributed by atoms with Crippen LogP contribution in [0.4, 0.5) is 0 Å². The first-order chi connectivity index (χ1) is 9.10. The molecule has 1 fully saturated rings. The van der Waals surface area contributed by atoms with Gasteiger partial charge in [0, 0.05) is 27.1 Å². The zero-order chi connectivity index (χ0) is 14.3. The molecule has 0 bridgehead atoms. The third-order valence-electron chi connectivity index (χ3n) is 3.57. The molecule has 19 heavy (non-hydrogen) atoms. The lowest BCUT2D eigenvalue weighted by atomic mass is 9.98. The Bertz CT molecular complexity index is 320. The van der Waals surface area contributed by atoms with Crippen molar-refractivity contribution in [2.24, 2.45) is 0 Å². The first kappa shape index (κ1) is 15.9. The minimum absolute atomic E-state index is 0.00169. The minimum atomic E-state index is 0.00169. The highest BCUT2D eigenvalue weighted by atomic mass is 16.5. The number of nitrogens with zero attached hydrogens (tertiary/aromatic N) is 1. The Kier molecular flexibility index (Phi) is 6.74. The van der Waals surface area contributed by atoms with E-state index < -0.39 is 0 Å². The molecule has 0 spiro atoms. The van der Waals surface area contributed by atoms with E-state index in [1.165, 1.54) is 19.3 Å². The van der Waals surface area contributed by atoms with Gasteiger partial charge in [0.05, 0.1) is 6.10 Å². The van der Waals surface area contributed by atoms with Crippen molar-refractivity contribution in [3.8, 4) is 0 Å². The Morgan fingerprint density at radius 1 is 1.26 bits per heavy atom. The Balaban J connectivity index is 2.89. The van der Waals surface area contributed by atoms with Crippen LogP contribution in [0.1, 0.15) is 52.9 Å². The third kappa shape index (κ3) is 4.77. The van der Waals surface area contributed by atoms with Crippen molar-refractivity contribution in [2.75, 3.05) is 20.1 Å². The van der Waals surface area contributed by atoms with Gasteiger partial charge >= 0.3 is 0 Å². The van der Waals surface area contributed by atoms with E-state index in [-0.39, 0.29) is 11.9 Å². The number of rotatable bonds is 7. The summed E-state index contributed by atoms with van der Waals surface area (Å²) in [6, 6.07) is 0. The van der Waals surface area contributed by atoms with Crippen molar-refractivity contribution < 1.29 is 9.53 Å². The first-order valence-corrected chi connectivity index (χ1v) is 7.47. The summed E-state index contributed by atoms with van der Waals surface area (Å²) in [4.78, 5) is 13.9. The van der Waals surface area contributed by atoms with E-state index in [4.69, 9.17) is 4.74 Å². The standard InChI is InChI=1S/C15H28N2O2/c1-5-16-15(17(4)6-2)14(12(3)18)19-13-10-8-7-9-11-13/h13,16H,5-11H2,1-4H3/b15-14+. The van der Waals surface area contributed by atoms with Crippen LogP contribution in [0.2, 0.25) is 0 Å². The van der Waals surface area contributed by atoms with Gasteiger partial charge < -0.3 is 15.0 Å².